The predicted octanol–water partition coefficient (Wildman–Crippen LogP) is 3.47. The molecule has 2 rings (SSSR count). The van der Waals surface area contributed by atoms with Gasteiger partial charge in [-0.05, 0) is 48.4 Å². The molecule has 0 N–H and O–H groups in total. The summed E-state index contributed by atoms with van der Waals surface area (Å²) in [6, 6.07) is 11.1. The van der Waals surface area contributed by atoms with Crippen molar-refractivity contribution < 1.29 is 19.0 Å². The van der Waals surface area contributed by atoms with E-state index in [-0.39, 0.29) is 5.97 Å². The van der Waals surface area contributed by atoms with Crippen molar-refractivity contribution in [1.82, 2.24) is 0 Å². The Labute approximate surface area is 124 Å². The highest BCUT2D eigenvalue weighted by molar-refractivity contribution is 5.91. The van der Waals surface area contributed by atoms with Gasteiger partial charge in [0, 0.05) is 5.56 Å². The SMILES string of the molecule is COC(=O)c1ccc(-c2cc(OC)ccc2OC)c(C)c1. The molecule has 0 fully saturated rings. The molecule has 0 amide bonds. The molecule has 0 saturated carbocycles. The molecule has 0 aliphatic rings. The van der Waals surface area contributed by atoms with Gasteiger partial charge in [-0.15, -0.1) is 0 Å². The molecule has 2 aromatic carbocycles. The van der Waals surface area contributed by atoms with Crippen molar-refractivity contribution >= 4 is 5.97 Å². The van der Waals surface area contributed by atoms with Crippen molar-refractivity contribution in [3.63, 3.8) is 0 Å². The maximum atomic E-state index is 11.6. The lowest BCUT2D eigenvalue weighted by Crippen LogP contribution is -2.02. The van der Waals surface area contributed by atoms with E-state index in [0.717, 1.165) is 28.2 Å². The van der Waals surface area contributed by atoms with E-state index in [0.29, 0.717) is 5.56 Å². The van der Waals surface area contributed by atoms with E-state index in [9.17, 15) is 4.79 Å². The number of ether oxygens (including phenoxy) is 3. The molecule has 21 heavy (non-hydrogen) atoms. The molecule has 0 aliphatic carbocycles. The van der Waals surface area contributed by atoms with Crippen LogP contribution in [-0.2, 0) is 4.74 Å². The summed E-state index contributed by atoms with van der Waals surface area (Å²) in [6.45, 7) is 1.95. The van der Waals surface area contributed by atoms with Gasteiger partial charge >= 0.3 is 5.97 Å². The Morgan fingerprint density at radius 3 is 2.24 bits per heavy atom. The number of carbonyl (C=O) groups excluding carboxylic acids is 1. The van der Waals surface area contributed by atoms with E-state index in [1.165, 1.54) is 7.11 Å². The molecule has 0 aromatic heterocycles. The van der Waals surface area contributed by atoms with E-state index in [1.807, 2.05) is 31.2 Å². The van der Waals surface area contributed by atoms with Gasteiger partial charge in [0.15, 0.2) is 0 Å². The van der Waals surface area contributed by atoms with E-state index >= 15 is 0 Å². The fourth-order valence-electron chi connectivity index (χ4n) is 2.24. The Morgan fingerprint density at radius 2 is 1.67 bits per heavy atom. The molecular formula is C17H18O4. The number of esters is 1. The molecule has 0 spiro atoms. The fraction of sp³-hybridized carbons (Fsp3) is 0.235. The van der Waals surface area contributed by atoms with Crippen LogP contribution >= 0.6 is 0 Å². The summed E-state index contributed by atoms with van der Waals surface area (Å²) in [6.07, 6.45) is 0. The highest BCUT2D eigenvalue weighted by Gasteiger charge is 2.13. The first-order valence-electron chi connectivity index (χ1n) is 6.52. The van der Waals surface area contributed by atoms with Crippen molar-refractivity contribution in [1.29, 1.82) is 0 Å². The molecule has 0 radical (unpaired) electrons. The Morgan fingerprint density at radius 1 is 0.905 bits per heavy atom. The molecule has 2 aromatic rings. The van der Waals surface area contributed by atoms with Crippen LogP contribution in [0, 0.1) is 6.92 Å². The minimum absolute atomic E-state index is 0.345. The number of methoxy groups -OCH3 is 3. The lowest BCUT2D eigenvalue weighted by atomic mass is 9.97. The number of hydrogen-bond acceptors (Lipinski definition) is 4. The standard InChI is InChI=1S/C17H18O4/c1-11-9-12(17(18)21-4)5-7-14(11)15-10-13(19-2)6-8-16(15)20-3/h5-10H,1-4H3. The lowest BCUT2D eigenvalue weighted by molar-refractivity contribution is 0.0600. The fourth-order valence-corrected chi connectivity index (χ4v) is 2.24. The predicted molar refractivity (Wildman–Crippen MR) is 81.1 cm³/mol. The number of hydrogen-bond donors (Lipinski definition) is 0. The minimum atomic E-state index is -0.345. The summed E-state index contributed by atoms with van der Waals surface area (Å²) in [5.74, 6) is 1.16. The zero-order chi connectivity index (χ0) is 15.4. The van der Waals surface area contributed by atoms with Crippen molar-refractivity contribution in [2.75, 3.05) is 21.3 Å². The van der Waals surface area contributed by atoms with Crippen molar-refractivity contribution in [3.05, 3.63) is 47.5 Å². The molecule has 0 unspecified atom stereocenters. The third kappa shape index (κ3) is 2.99. The second-order valence-electron chi connectivity index (χ2n) is 4.59. The maximum absolute atomic E-state index is 11.6. The Kier molecular flexibility index (Phi) is 4.48. The summed E-state index contributed by atoms with van der Waals surface area (Å²) in [5, 5.41) is 0. The Hall–Kier alpha value is -2.49. The second kappa shape index (κ2) is 6.31. The van der Waals surface area contributed by atoms with Gasteiger partial charge in [0.1, 0.15) is 11.5 Å². The van der Waals surface area contributed by atoms with Crippen molar-refractivity contribution in [2.24, 2.45) is 0 Å². The van der Waals surface area contributed by atoms with Gasteiger partial charge in [-0.2, -0.15) is 0 Å². The molecule has 0 atom stereocenters. The quantitative estimate of drug-likeness (QED) is 0.807. The molecular weight excluding hydrogens is 268 g/mol. The van der Waals surface area contributed by atoms with Crippen LogP contribution in [0.2, 0.25) is 0 Å². The van der Waals surface area contributed by atoms with E-state index in [1.54, 1.807) is 26.4 Å². The molecule has 110 valence electrons. The summed E-state index contributed by atoms with van der Waals surface area (Å²) in [4.78, 5) is 11.6. The van der Waals surface area contributed by atoms with E-state index in [4.69, 9.17) is 14.2 Å². The first-order chi connectivity index (χ1) is 10.1. The van der Waals surface area contributed by atoms with Gasteiger partial charge in [0.05, 0.1) is 26.9 Å². The summed E-state index contributed by atoms with van der Waals surface area (Å²) in [7, 11) is 4.62. The molecule has 4 nitrogen and oxygen atoms in total. The van der Waals surface area contributed by atoms with Crippen LogP contribution in [0.4, 0.5) is 0 Å². The number of benzene rings is 2. The summed E-state index contributed by atoms with van der Waals surface area (Å²) >= 11 is 0. The largest absolute Gasteiger partial charge is 0.497 e. The van der Waals surface area contributed by atoms with Crippen molar-refractivity contribution in [3.8, 4) is 22.6 Å². The van der Waals surface area contributed by atoms with Gasteiger partial charge in [-0.3, -0.25) is 0 Å². The minimum Gasteiger partial charge on any atom is -0.497 e. The van der Waals surface area contributed by atoms with Crippen LogP contribution in [0.25, 0.3) is 11.1 Å². The molecule has 0 aliphatic heterocycles. The second-order valence-corrected chi connectivity index (χ2v) is 4.59. The monoisotopic (exact) mass is 286 g/mol. The molecule has 0 heterocycles. The summed E-state index contributed by atoms with van der Waals surface area (Å²) < 4.78 is 15.4. The smallest absolute Gasteiger partial charge is 0.337 e. The normalized spacial score (nSPS) is 10.1. The molecule has 0 saturated heterocycles. The highest BCUT2D eigenvalue weighted by Crippen LogP contribution is 2.35. The van der Waals surface area contributed by atoms with Crippen LogP contribution in [0.5, 0.6) is 11.5 Å². The van der Waals surface area contributed by atoms with Gasteiger partial charge in [-0.1, -0.05) is 6.07 Å². The van der Waals surface area contributed by atoms with Crippen LogP contribution in [0.15, 0.2) is 36.4 Å². The number of rotatable bonds is 4. The lowest BCUT2D eigenvalue weighted by Gasteiger charge is -2.13. The van der Waals surface area contributed by atoms with Crippen LogP contribution in [0.3, 0.4) is 0 Å². The van der Waals surface area contributed by atoms with Crippen LogP contribution < -0.4 is 9.47 Å². The van der Waals surface area contributed by atoms with Gasteiger partial charge in [0.25, 0.3) is 0 Å². The average molecular weight is 286 g/mol. The first-order valence-corrected chi connectivity index (χ1v) is 6.52. The average Bonchev–Trinajstić information content (AvgIpc) is 2.53. The third-order valence-corrected chi connectivity index (χ3v) is 3.34. The van der Waals surface area contributed by atoms with Gasteiger partial charge < -0.3 is 14.2 Å². The van der Waals surface area contributed by atoms with Gasteiger partial charge in [-0.25, -0.2) is 4.79 Å². The molecule has 0 bridgehead atoms. The van der Waals surface area contributed by atoms with Gasteiger partial charge in [0.2, 0.25) is 0 Å². The van der Waals surface area contributed by atoms with E-state index < -0.39 is 0 Å². The van der Waals surface area contributed by atoms with Crippen LogP contribution in [-0.4, -0.2) is 27.3 Å². The summed E-state index contributed by atoms with van der Waals surface area (Å²) in [5.41, 5.74) is 3.40. The Balaban J connectivity index is 2.53. The zero-order valence-electron chi connectivity index (χ0n) is 12.6. The van der Waals surface area contributed by atoms with E-state index in [2.05, 4.69) is 0 Å². The molecule has 4 heteroatoms. The Bertz CT molecular complexity index is 662. The maximum Gasteiger partial charge on any atom is 0.337 e. The van der Waals surface area contributed by atoms with Crippen LogP contribution in [0.1, 0.15) is 15.9 Å². The topological polar surface area (TPSA) is 44.8 Å². The zero-order valence-corrected chi connectivity index (χ0v) is 12.6. The number of carbonyl (C=O) groups is 1. The third-order valence-electron chi connectivity index (χ3n) is 3.34. The first kappa shape index (κ1) is 14.9. The van der Waals surface area contributed by atoms with Crippen molar-refractivity contribution in [2.45, 2.75) is 6.92 Å². The number of aryl methyl sites for hydroxylation is 1. The highest BCUT2D eigenvalue weighted by atomic mass is 16.5.